The Hall–Kier alpha value is -11.1. The van der Waals surface area contributed by atoms with Crippen molar-refractivity contribution >= 4 is 56.6 Å². The summed E-state index contributed by atoms with van der Waals surface area (Å²) in [5, 5.41) is 181. The number of carbonyl (C=O) groups excluding carboxylic acids is 4. The Kier molecular flexibility index (Phi) is 11.3. The molecule has 6 bridgehead atoms. The van der Waals surface area contributed by atoms with Crippen LogP contribution >= 0.6 is 0 Å². The van der Waals surface area contributed by atoms with Crippen LogP contribution in [0.3, 0.4) is 0 Å². The lowest BCUT2D eigenvalue weighted by molar-refractivity contribution is -0.284. The maximum absolute atomic E-state index is 15.0. The highest BCUT2D eigenvalue weighted by Crippen LogP contribution is 2.58. The number of ether oxygens (including phenoxy) is 5. The molecule has 30 nitrogen and oxygen atoms in total. The summed E-state index contributed by atoms with van der Waals surface area (Å²) in [5.74, 6) is -29.4. The van der Waals surface area contributed by atoms with E-state index in [0.717, 1.165) is 0 Å². The fourth-order valence-electron chi connectivity index (χ4n) is 9.06. The molecule has 1 unspecified atom stereocenters. The maximum Gasteiger partial charge on any atom is 0.345 e. The van der Waals surface area contributed by atoms with Gasteiger partial charge in [-0.15, -0.1) is 0 Å². The Bertz CT molecular complexity index is 4090. The van der Waals surface area contributed by atoms with Gasteiger partial charge in [-0.3, -0.25) is 0 Å². The van der Waals surface area contributed by atoms with Crippen molar-refractivity contribution in [3.05, 3.63) is 79.5 Å². The first-order valence-electron chi connectivity index (χ1n) is 21.6. The Morgan fingerprint density at radius 1 is 0.436 bits per heavy atom. The molecule has 1 saturated heterocycles. The van der Waals surface area contributed by atoms with Crippen molar-refractivity contribution in [1.82, 2.24) is 0 Å². The van der Waals surface area contributed by atoms with Gasteiger partial charge >= 0.3 is 35.1 Å². The van der Waals surface area contributed by atoms with E-state index in [2.05, 4.69) is 0 Å². The highest BCUT2D eigenvalue weighted by molar-refractivity contribution is 6.29. The number of benzene rings is 6. The molecule has 0 spiro atoms. The second-order valence-corrected chi connectivity index (χ2v) is 17.1. The highest BCUT2D eigenvalue weighted by atomic mass is 16.7. The molecule has 5 atom stereocenters. The van der Waals surface area contributed by atoms with Crippen molar-refractivity contribution in [2.75, 3.05) is 6.61 Å². The Balaban J connectivity index is 1.28. The van der Waals surface area contributed by atoms with Gasteiger partial charge in [0.2, 0.25) is 23.0 Å². The topological polar surface area (TPSA) is 519 Å². The number of hydrogen-bond acceptors (Lipinski definition) is 30. The van der Waals surface area contributed by atoms with Gasteiger partial charge in [0.25, 0.3) is 0 Å². The van der Waals surface area contributed by atoms with E-state index in [4.69, 9.17) is 32.5 Å². The van der Waals surface area contributed by atoms with Gasteiger partial charge in [0.05, 0.1) is 33.0 Å². The summed E-state index contributed by atoms with van der Waals surface area (Å²) in [6.07, 6.45) is -13.0. The van der Waals surface area contributed by atoms with Gasteiger partial charge in [-0.05, 0) is 36.4 Å². The average molecular weight is 1090 g/mol. The van der Waals surface area contributed by atoms with Gasteiger partial charge in [0.1, 0.15) is 12.7 Å². The summed E-state index contributed by atoms with van der Waals surface area (Å²) in [5.41, 5.74) is -15.1. The molecule has 0 aliphatic carbocycles. The van der Waals surface area contributed by atoms with E-state index in [0.29, 0.717) is 30.3 Å². The fourth-order valence-corrected chi connectivity index (χ4v) is 9.06. The summed E-state index contributed by atoms with van der Waals surface area (Å²) in [6, 6.07) is 2.66. The van der Waals surface area contributed by atoms with Crippen molar-refractivity contribution < 1.29 is 139 Å². The SMILES string of the molecule is O=C(O[C@H]1[C@@H]2OC(=O)c3cc(O)c(O)c(O)c3-c3c(O)c(O)c4oc(=O)c5c(c(O)c(O)c6oc(=O)c3c4c65)-c3c(cc(O)c(O)c3O)C(=O)OC[C@H]2OC(O)[C@@H]1OC(=O)c1cc(O)c(O)c(O)c1)c1cc(O)c(O)c(O)c1. The molecule has 17 N–H and O–H groups in total. The van der Waals surface area contributed by atoms with Crippen molar-refractivity contribution in [1.29, 1.82) is 0 Å². The quantitative estimate of drug-likeness (QED) is 0.0394. The predicted molar refractivity (Wildman–Crippen MR) is 246 cm³/mol. The molecule has 0 saturated carbocycles. The normalized spacial score (nSPS) is 18.3. The Morgan fingerprint density at radius 2 is 0.808 bits per heavy atom. The zero-order valence-electron chi connectivity index (χ0n) is 38.0. The maximum atomic E-state index is 15.0. The summed E-state index contributed by atoms with van der Waals surface area (Å²) in [7, 11) is 0. The molecule has 78 heavy (non-hydrogen) atoms. The number of phenols is 16. The number of aliphatic hydroxyl groups excluding tert-OH is 1. The van der Waals surface area contributed by atoms with Crippen molar-refractivity contribution in [3.8, 4) is 114 Å². The molecular weight excluding hydrogens is 1060 g/mol. The number of aliphatic hydroxyl groups is 1. The van der Waals surface area contributed by atoms with Gasteiger partial charge < -0.3 is 119 Å². The van der Waals surface area contributed by atoms with E-state index in [1.165, 1.54) is 0 Å². The minimum absolute atomic E-state index is 0.287. The second kappa shape index (κ2) is 17.5. The van der Waals surface area contributed by atoms with Crippen LogP contribution in [0.2, 0.25) is 0 Å². The number of esters is 4. The molecule has 0 radical (unpaired) electrons. The molecule has 8 aromatic rings. The van der Waals surface area contributed by atoms with Crippen LogP contribution < -0.4 is 11.3 Å². The molecule has 4 heterocycles. The van der Waals surface area contributed by atoms with Crippen molar-refractivity contribution in [2.45, 2.75) is 30.7 Å². The van der Waals surface area contributed by atoms with Gasteiger partial charge in [0.15, 0.2) is 105 Å². The van der Waals surface area contributed by atoms with E-state index in [-0.39, 0.29) is 6.07 Å². The number of rotatable bonds is 4. The summed E-state index contributed by atoms with van der Waals surface area (Å²) >= 11 is 0. The number of aromatic hydroxyl groups is 16. The van der Waals surface area contributed by atoms with Gasteiger partial charge in [-0.25, -0.2) is 28.8 Å². The fraction of sp³-hybridized carbons (Fsp3) is 0.125. The van der Waals surface area contributed by atoms with E-state index in [9.17, 15) is 116 Å². The number of cyclic esters (lactones) is 1. The van der Waals surface area contributed by atoms with Gasteiger partial charge in [-0.2, -0.15) is 0 Å². The first-order valence-corrected chi connectivity index (χ1v) is 21.6. The largest absolute Gasteiger partial charge is 0.504 e. The third-order valence-corrected chi connectivity index (χ3v) is 12.6. The zero-order chi connectivity index (χ0) is 56.6. The van der Waals surface area contributed by atoms with E-state index in [1.807, 2.05) is 0 Å². The molecule has 30 heteroatoms. The number of carbonyl (C=O) groups is 4. The summed E-state index contributed by atoms with van der Waals surface area (Å²) < 4.78 is 38.4. The Morgan fingerprint density at radius 3 is 1.23 bits per heavy atom. The first kappa shape index (κ1) is 50.4. The molecular formula is C48H30O30. The van der Waals surface area contributed by atoms with Gasteiger partial charge in [0, 0.05) is 33.0 Å². The molecule has 0 amide bonds. The van der Waals surface area contributed by atoms with E-state index >= 15 is 0 Å². The minimum atomic E-state index is -2.71. The first-order chi connectivity index (χ1) is 36.7. The van der Waals surface area contributed by atoms with Crippen LogP contribution in [0.5, 0.6) is 92.0 Å². The summed E-state index contributed by atoms with van der Waals surface area (Å²) in [6.45, 7) is -1.47. The lowest BCUT2D eigenvalue weighted by Crippen LogP contribution is -2.62. The van der Waals surface area contributed by atoms with E-state index < -0.39 is 242 Å². The molecule has 6 aromatic carbocycles. The lowest BCUT2D eigenvalue weighted by Gasteiger charge is -2.43. The third kappa shape index (κ3) is 7.34. The highest BCUT2D eigenvalue weighted by Gasteiger charge is 2.53. The minimum Gasteiger partial charge on any atom is -0.504 e. The van der Waals surface area contributed by atoms with Gasteiger partial charge in [-0.1, -0.05) is 0 Å². The van der Waals surface area contributed by atoms with Crippen LogP contribution in [0, 0.1) is 0 Å². The van der Waals surface area contributed by atoms with Crippen LogP contribution in [-0.4, -0.2) is 148 Å². The van der Waals surface area contributed by atoms with Crippen molar-refractivity contribution in [2.24, 2.45) is 0 Å². The zero-order valence-corrected chi connectivity index (χ0v) is 38.0. The predicted octanol–water partition coefficient (Wildman–Crippen LogP) is 1.98. The second-order valence-electron chi connectivity index (χ2n) is 17.1. The molecule has 2 aliphatic heterocycles. The smallest absolute Gasteiger partial charge is 0.345 e. The van der Waals surface area contributed by atoms with Crippen LogP contribution in [0.25, 0.3) is 55.0 Å². The monoisotopic (exact) mass is 1090 g/mol. The standard InChI is InChI=1S/C48H30O30/c49-12-1-8(2-13(50)27(12)55)42(65)77-40-37-18(73-48(71)41(40)78-43(66)9-3-14(51)28(56)15(52)4-9)7-72-44(67)10-5-16(53)29(57)31(59)19(10)21-25-23-24-26(47(70)76-38(23)35(63)33(21)61)22(34(62)36(64)39(24)75-46(25)69)20-11(45(68)74-37)6-17(54)30(58)32(20)60/h1-6,18,37,40-41,48-64,71H,7H2/t18-,37-,40+,41-,48?/m1/s1. The number of phenolic OH excluding ortho intramolecular Hbond substituents is 16. The van der Waals surface area contributed by atoms with Crippen LogP contribution in [-0.2, 0) is 23.7 Å². The van der Waals surface area contributed by atoms with Crippen LogP contribution in [0.15, 0.2) is 54.8 Å². The molecule has 1 fully saturated rings. The Labute approximate surface area is 425 Å². The van der Waals surface area contributed by atoms with Crippen LogP contribution in [0.4, 0.5) is 0 Å². The molecule has 2 aromatic heterocycles. The third-order valence-electron chi connectivity index (χ3n) is 12.6. The average Bonchev–Trinajstić information content (AvgIpc) is 3.59. The molecule has 402 valence electrons. The van der Waals surface area contributed by atoms with Crippen LogP contribution in [0.1, 0.15) is 41.4 Å². The summed E-state index contributed by atoms with van der Waals surface area (Å²) in [4.78, 5) is 85.6. The van der Waals surface area contributed by atoms with Crippen molar-refractivity contribution in [3.63, 3.8) is 0 Å². The molecule has 10 rings (SSSR count). The number of fused-ring (bicyclic) bond motifs is 5. The van der Waals surface area contributed by atoms with E-state index in [1.54, 1.807) is 0 Å². The lowest BCUT2D eigenvalue weighted by atomic mass is 9.88. The number of hydrogen-bond donors (Lipinski definition) is 17. The molecule has 2 aliphatic rings.